The Morgan fingerprint density at radius 3 is 2.36 bits per heavy atom. The number of aliphatic hydroxyl groups is 1. The van der Waals surface area contributed by atoms with Crippen molar-refractivity contribution in [2.45, 2.75) is 13.3 Å². The van der Waals surface area contributed by atoms with Gasteiger partial charge in [0.15, 0.2) is 0 Å². The van der Waals surface area contributed by atoms with Gasteiger partial charge in [-0.2, -0.15) is 0 Å². The number of carbonyl (C=O) groups excluding carboxylic acids is 1. The second kappa shape index (κ2) is 7.52. The summed E-state index contributed by atoms with van der Waals surface area (Å²) >= 11 is 0. The number of aliphatic hydroxyl groups excluding tert-OH is 1. The molecule has 0 aliphatic carbocycles. The van der Waals surface area contributed by atoms with E-state index >= 15 is 0 Å². The molecule has 0 heterocycles. The van der Waals surface area contributed by atoms with Crippen LogP contribution in [-0.2, 0) is 11.2 Å². The number of hydrogen-bond acceptors (Lipinski definition) is 2. The number of benzene rings is 2. The van der Waals surface area contributed by atoms with Crippen LogP contribution in [0.15, 0.2) is 54.1 Å². The summed E-state index contributed by atoms with van der Waals surface area (Å²) < 4.78 is 12.8. The Bertz CT molecular complexity index is 660. The molecule has 0 bridgehead atoms. The SMILES string of the molecule is C/C(=C/c1ccc(F)cc1)C(=O)Nc1ccc(CCO)cc1. The zero-order valence-corrected chi connectivity index (χ0v) is 12.3. The molecule has 0 aliphatic rings. The van der Waals surface area contributed by atoms with E-state index in [0.717, 1.165) is 11.1 Å². The summed E-state index contributed by atoms with van der Waals surface area (Å²) in [6, 6.07) is 13.3. The molecule has 2 N–H and O–H groups in total. The molecule has 0 saturated heterocycles. The molecule has 22 heavy (non-hydrogen) atoms. The van der Waals surface area contributed by atoms with Crippen molar-refractivity contribution in [3.8, 4) is 0 Å². The van der Waals surface area contributed by atoms with E-state index in [9.17, 15) is 9.18 Å². The highest BCUT2D eigenvalue weighted by molar-refractivity contribution is 6.06. The van der Waals surface area contributed by atoms with Gasteiger partial charge in [0.2, 0.25) is 0 Å². The fourth-order valence-corrected chi connectivity index (χ4v) is 1.99. The summed E-state index contributed by atoms with van der Waals surface area (Å²) in [6.45, 7) is 1.81. The number of anilines is 1. The first-order valence-corrected chi connectivity index (χ1v) is 7.03. The minimum atomic E-state index is -0.303. The molecule has 0 radical (unpaired) electrons. The fourth-order valence-electron chi connectivity index (χ4n) is 1.99. The van der Waals surface area contributed by atoms with Gasteiger partial charge >= 0.3 is 0 Å². The highest BCUT2D eigenvalue weighted by atomic mass is 19.1. The Hall–Kier alpha value is -2.46. The monoisotopic (exact) mass is 299 g/mol. The largest absolute Gasteiger partial charge is 0.396 e. The predicted molar refractivity (Wildman–Crippen MR) is 85.9 cm³/mol. The summed E-state index contributed by atoms with van der Waals surface area (Å²) in [6.07, 6.45) is 2.30. The van der Waals surface area contributed by atoms with Crippen molar-refractivity contribution < 1.29 is 14.3 Å². The van der Waals surface area contributed by atoms with Crippen LogP contribution in [0.1, 0.15) is 18.1 Å². The van der Waals surface area contributed by atoms with E-state index in [0.29, 0.717) is 17.7 Å². The Kier molecular flexibility index (Phi) is 5.44. The topological polar surface area (TPSA) is 49.3 Å². The maximum absolute atomic E-state index is 12.8. The molecule has 0 aromatic heterocycles. The van der Waals surface area contributed by atoms with Gasteiger partial charge in [-0.15, -0.1) is 0 Å². The lowest BCUT2D eigenvalue weighted by molar-refractivity contribution is -0.112. The molecule has 4 heteroatoms. The number of carbonyl (C=O) groups is 1. The molecular formula is C18H18FNO2. The van der Waals surface area contributed by atoms with Crippen molar-refractivity contribution >= 4 is 17.7 Å². The van der Waals surface area contributed by atoms with Crippen molar-refractivity contribution in [2.75, 3.05) is 11.9 Å². The van der Waals surface area contributed by atoms with Crippen LogP contribution >= 0.6 is 0 Å². The van der Waals surface area contributed by atoms with E-state index in [1.807, 2.05) is 12.1 Å². The van der Waals surface area contributed by atoms with Gasteiger partial charge in [0.05, 0.1) is 0 Å². The molecule has 0 spiro atoms. The Morgan fingerprint density at radius 1 is 1.14 bits per heavy atom. The maximum atomic E-state index is 12.8. The molecule has 0 fully saturated rings. The molecule has 0 aliphatic heterocycles. The lowest BCUT2D eigenvalue weighted by Crippen LogP contribution is -2.12. The molecule has 0 unspecified atom stereocenters. The summed E-state index contributed by atoms with van der Waals surface area (Å²) in [5, 5.41) is 11.7. The average Bonchev–Trinajstić information content (AvgIpc) is 2.51. The van der Waals surface area contributed by atoms with Crippen LogP contribution in [0.2, 0.25) is 0 Å². The van der Waals surface area contributed by atoms with Gasteiger partial charge in [0.25, 0.3) is 5.91 Å². The molecule has 2 aromatic rings. The zero-order valence-electron chi connectivity index (χ0n) is 12.3. The third kappa shape index (κ3) is 4.53. The predicted octanol–water partition coefficient (Wildman–Crippen LogP) is 3.40. The molecule has 2 aromatic carbocycles. The van der Waals surface area contributed by atoms with Crippen molar-refractivity contribution in [3.05, 3.63) is 71.0 Å². The van der Waals surface area contributed by atoms with Crippen molar-refractivity contribution in [3.63, 3.8) is 0 Å². The third-order valence-electron chi connectivity index (χ3n) is 3.22. The van der Waals surface area contributed by atoms with Crippen molar-refractivity contribution in [1.82, 2.24) is 0 Å². The van der Waals surface area contributed by atoms with Crippen LogP contribution in [0.3, 0.4) is 0 Å². The van der Waals surface area contributed by atoms with Crippen LogP contribution in [0, 0.1) is 5.82 Å². The van der Waals surface area contributed by atoms with E-state index in [4.69, 9.17) is 5.11 Å². The van der Waals surface area contributed by atoms with Gasteiger partial charge in [-0.1, -0.05) is 24.3 Å². The van der Waals surface area contributed by atoms with Crippen LogP contribution in [-0.4, -0.2) is 17.6 Å². The quantitative estimate of drug-likeness (QED) is 0.831. The fraction of sp³-hybridized carbons (Fsp3) is 0.167. The lowest BCUT2D eigenvalue weighted by atomic mass is 10.1. The molecule has 1 amide bonds. The number of nitrogens with one attached hydrogen (secondary N) is 1. The lowest BCUT2D eigenvalue weighted by Gasteiger charge is -2.07. The smallest absolute Gasteiger partial charge is 0.251 e. The third-order valence-corrected chi connectivity index (χ3v) is 3.22. The highest BCUT2D eigenvalue weighted by Gasteiger charge is 2.05. The van der Waals surface area contributed by atoms with E-state index in [1.165, 1.54) is 12.1 Å². The zero-order chi connectivity index (χ0) is 15.9. The van der Waals surface area contributed by atoms with Gasteiger partial charge in [0, 0.05) is 17.9 Å². The van der Waals surface area contributed by atoms with Gasteiger partial charge in [-0.05, 0) is 54.8 Å². The number of hydrogen-bond donors (Lipinski definition) is 2. The van der Waals surface area contributed by atoms with E-state index in [-0.39, 0.29) is 18.3 Å². The van der Waals surface area contributed by atoms with Crippen LogP contribution in [0.5, 0.6) is 0 Å². The van der Waals surface area contributed by atoms with Crippen molar-refractivity contribution in [2.24, 2.45) is 0 Å². The van der Waals surface area contributed by atoms with E-state index in [1.54, 1.807) is 37.3 Å². The Balaban J connectivity index is 2.02. The second-order valence-corrected chi connectivity index (χ2v) is 5.00. The van der Waals surface area contributed by atoms with Gasteiger partial charge in [0.1, 0.15) is 5.82 Å². The number of halogens is 1. The van der Waals surface area contributed by atoms with Crippen LogP contribution in [0.4, 0.5) is 10.1 Å². The van der Waals surface area contributed by atoms with E-state index in [2.05, 4.69) is 5.32 Å². The van der Waals surface area contributed by atoms with Gasteiger partial charge < -0.3 is 10.4 Å². The molecule has 3 nitrogen and oxygen atoms in total. The van der Waals surface area contributed by atoms with Crippen molar-refractivity contribution in [1.29, 1.82) is 0 Å². The van der Waals surface area contributed by atoms with Gasteiger partial charge in [-0.3, -0.25) is 4.79 Å². The second-order valence-electron chi connectivity index (χ2n) is 5.00. The number of rotatable bonds is 5. The molecule has 114 valence electrons. The molecule has 0 saturated carbocycles. The minimum Gasteiger partial charge on any atom is -0.396 e. The standard InChI is InChI=1S/C18H18FNO2/c1-13(12-15-2-6-16(19)7-3-15)18(22)20-17-8-4-14(5-9-17)10-11-21/h2-9,12,21H,10-11H2,1H3,(H,20,22)/b13-12-. The molecular weight excluding hydrogens is 281 g/mol. The van der Waals surface area contributed by atoms with Crippen LogP contribution < -0.4 is 5.32 Å². The van der Waals surface area contributed by atoms with E-state index < -0.39 is 0 Å². The number of amides is 1. The summed E-state index contributed by atoms with van der Waals surface area (Å²) in [5.74, 6) is -0.513. The molecule has 0 atom stereocenters. The maximum Gasteiger partial charge on any atom is 0.251 e. The summed E-state index contributed by atoms with van der Waals surface area (Å²) in [4.78, 5) is 12.1. The first-order valence-electron chi connectivity index (χ1n) is 7.03. The Morgan fingerprint density at radius 2 is 1.77 bits per heavy atom. The highest BCUT2D eigenvalue weighted by Crippen LogP contribution is 2.13. The normalized spacial score (nSPS) is 11.3. The first-order chi connectivity index (χ1) is 10.6. The van der Waals surface area contributed by atoms with Crippen LogP contribution in [0.25, 0.3) is 6.08 Å². The Labute approximate surface area is 129 Å². The van der Waals surface area contributed by atoms with Gasteiger partial charge in [-0.25, -0.2) is 4.39 Å². The first kappa shape index (κ1) is 15.9. The summed E-state index contributed by atoms with van der Waals surface area (Å²) in [7, 11) is 0. The average molecular weight is 299 g/mol. The molecule has 2 rings (SSSR count). The summed E-state index contributed by atoms with van der Waals surface area (Å²) in [5.41, 5.74) is 3.01. The minimum absolute atomic E-state index is 0.102.